The number of likely N-dealkylation sites (tertiary alicyclic amines) is 1. The van der Waals surface area contributed by atoms with E-state index in [1.807, 2.05) is 18.2 Å². The standard InChI is InChI=1S/C25H39N5O2/c1-3-27-25(30-14-12-19(13-15-30)17-23(31)26-2)28-18-20-8-7-11-22(16-20)29-24(32)21-9-5-4-6-10-21/h7-8,11,16,19,21H,3-6,9-10,12-15,17-18H2,1-2H3,(H,26,31)(H,27,28)(H,29,32). The zero-order chi connectivity index (χ0) is 22.8. The number of benzene rings is 1. The highest BCUT2D eigenvalue weighted by Crippen LogP contribution is 2.25. The Hall–Kier alpha value is -2.57. The van der Waals surface area contributed by atoms with Gasteiger partial charge in [0.25, 0.3) is 0 Å². The number of amides is 2. The molecule has 32 heavy (non-hydrogen) atoms. The van der Waals surface area contributed by atoms with Crippen LogP contribution in [0.25, 0.3) is 0 Å². The van der Waals surface area contributed by atoms with Crippen LogP contribution in [-0.2, 0) is 16.1 Å². The number of hydrogen-bond donors (Lipinski definition) is 3. The van der Waals surface area contributed by atoms with Crippen molar-refractivity contribution in [3.05, 3.63) is 29.8 Å². The molecule has 2 fully saturated rings. The highest BCUT2D eigenvalue weighted by atomic mass is 16.2. The van der Waals surface area contributed by atoms with Gasteiger partial charge in [-0.25, -0.2) is 4.99 Å². The van der Waals surface area contributed by atoms with Crippen molar-refractivity contribution in [1.29, 1.82) is 0 Å². The molecule has 1 saturated carbocycles. The molecule has 176 valence electrons. The van der Waals surface area contributed by atoms with Crippen LogP contribution in [0.1, 0.15) is 63.9 Å². The predicted octanol–water partition coefficient (Wildman–Crippen LogP) is 3.52. The van der Waals surface area contributed by atoms with E-state index in [9.17, 15) is 9.59 Å². The number of rotatable bonds is 7. The van der Waals surface area contributed by atoms with Crippen molar-refractivity contribution in [2.24, 2.45) is 16.8 Å². The van der Waals surface area contributed by atoms with Gasteiger partial charge in [-0.1, -0.05) is 31.4 Å². The third-order valence-corrected chi connectivity index (χ3v) is 6.58. The molecule has 0 unspecified atom stereocenters. The highest BCUT2D eigenvalue weighted by molar-refractivity contribution is 5.92. The number of aliphatic imine (C=N–C) groups is 1. The summed E-state index contributed by atoms with van der Waals surface area (Å²) >= 11 is 0. The first-order valence-electron chi connectivity index (χ1n) is 12.2. The van der Waals surface area contributed by atoms with Gasteiger partial charge in [0.2, 0.25) is 11.8 Å². The molecule has 0 radical (unpaired) electrons. The molecule has 3 rings (SSSR count). The fraction of sp³-hybridized carbons (Fsp3) is 0.640. The van der Waals surface area contributed by atoms with Gasteiger partial charge in [-0.05, 0) is 56.2 Å². The average molecular weight is 442 g/mol. The van der Waals surface area contributed by atoms with E-state index in [1.54, 1.807) is 7.05 Å². The molecular formula is C25H39N5O2. The van der Waals surface area contributed by atoms with E-state index >= 15 is 0 Å². The minimum atomic E-state index is 0.125. The lowest BCUT2D eigenvalue weighted by atomic mass is 9.88. The highest BCUT2D eigenvalue weighted by Gasteiger charge is 2.23. The maximum atomic E-state index is 12.6. The van der Waals surface area contributed by atoms with Crippen LogP contribution in [0.3, 0.4) is 0 Å². The van der Waals surface area contributed by atoms with Crippen LogP contribution in [-0.4, -0.2) is 49.4 Å². The molecule has 7 nitrogen and oxygen atoms in total. The average Bonchev–Trinajstić information content (AvgIpc) is 2.83. The van der Waals surface area contributed by atoms with Gasteiger partial charge in [0, 0.05) is 44.7 Å². The first-order chi connectivity index (χ1) is 15.6. The lowest BCUT2D eigenvalue weighted by Crippen LogP contribution is -2.46. The van der Waals surface area contributed by atoms with E-state index in [4.69, 9.17) is 4.99 Å². The SMILES string of the molecule is CCNC(=NCc1cccc(NC(=O)C2CCCCC2)c1)N1CCC(CC(=O)NC)CC1. The van der Waals surface area contributed by atoms with Gasteiger partial charge in [0.15, 0.2) is 5.96 Å². The van der Waals surface area contributed by atoms with E-state index < -0.39 is 0 Å². The van der Waals surface area contributed by atoms with Gasteiger partial charge >= 0.3 is 0 Å². The van der Waals surface area contributed by atoms with Crippen LogP contribution in [0.15, 0.2) is 29.3 Å². The summed E-state index contributed by atoms with van der Waals surface area (Å²) in [4.78, 5) is 31.4. The number of nitrogens with zero attached hydrogens (tertiary/aromatic N) is 2. The molecule has 3 N–H and O–H groups in total. The van der Waals surface area contributed by atoms with Crippen LogP contribution < -0.4 is 16.0 Å². The summed E-state index contributed by atoms with van der Waals surface area (Å²) in [6.45, 7) is 5.27. The Labute approximate surface area is 192 Å². The molecule has 1 aliphatic heterocycles. The van der Waals surface area contributed by atoms with Crippen molar-refractivity contribution in [1.82, 2.24) is 15.5 Å². The van der Waals surface area contributed by atoms with Crippen molar-refractivity contribution in [3.63, 3.8) is 0 Å². The van der Waals surface area contributed by atoms with Crippen molar-refractivity contribution in [2.75, 3.05) is 32.0 Å². The van der Waals surface area contributed by atoms with Crippen molar-refractivity contribution in [2.45, 2.75) is 64.8 Å². The molecule has 1 heterocycles. The molecule has 1 aromatic carbocycles. The van der Waals surface area contributed by atoms with Gasteiger partial charge in [-0.3, -0.25) is 9.59 Å². The largest absolute Gasteiger partial charge is 0.359 e. The van der Waals surface area contributed by atoms with Crippen LogP contribution in [0.2, 0.25) is 0 Å². The third-order valence-electron chi connectivity index (χ3n) is 6.58. The number of hydrogen-bond acceptors (Lipinski definition) is 3. The monoisotopic (exact) mass is 441 g/mol. The summed E-state index contributed by atoms with van der Waals surface area (Å²) in [5.41, 5.74) is 1.93. The lowest BCUT2D eigenvalue weighted by Gasteiger charge is -2.34. The molecule has 7 heteroatoms. The number of nitrogens with one attached hydrogen (secondary N) is 3. The zero-order valence-corrected chi connectivity index (χ0v) is 19.7. The van der Waals surface area contributed by atoms with E-state index in [1.165, 1.54) is 6.42 Å². The minimum Gasteiger partial charge on any atom is -0.359 e. The Morgan fingerprint density at radius 3 is 2.53 bits per heavy atom. The van der Waals surface area contributed by atoms with E-state index in [-0.39, 0.29) is 17.7 Å². The number of anilines is 1. The first-order valence-corrected chi connectivity index (χ1v) is 12.2. The van der Waals surface area contributed by atoms with Gasteiger partial charge < -0.3 is 20.9 Å². The van der Waals surface area contributed by atoms with Crippen LogP contribution >= 0.6 is 0 Å². The Balaban J connectivity index is 1.56. The Bertz CT molecular complexity index is 780. The molecular weight excluding hydrogens is 402 g/mol. The van der Waals surface area contributed by atoms with Gasteiger partial charge in [-0.15, -0.1) is 0 Å². The fourth-order valence-electron chi connectivity index (χ4n) is 4.66. The fourth-order valence-corrected chi connectivity index (χ4v) is 4.66. The molecule has 0 atom stereocenters. The summed E-state index contributed by atoms with van der Waals surface area (Å²) in [5, 5.41) is 9.24. The molecule has 1 aliphatic carbocycles. The van der Waals surface area contributed by atoms with Crippen LogP contribution in [0.4, 0.5) is 5.69 Å². The van der Waals surface area contributed by atoms with Crippen LogP contribution in [0.5, 0.6) is 0 Å². The van der Waals surface area contributed by atoms with Crippen molar-refractivity contribution < 1.29 is 9.59 Å². The van der Waals surface area contributed by atoms with Crippen LogP contribution in [0, 0.1) is 11.8 Å². The minimum absolute atomic E-state index is 0.125. The number of piperidine rings is 1. The first kappa shape index (κ1) is 24.1. The Morgan fingerprint density at radius 2 is 1.84 bits per heavy atom. The third kappa shape index (κ3) is 7.24. The summed E-state index contributed by atoms with van der Waals surface area (Å²) in [7, 11) is 1.70. The van der Waals surface area contributed by atoms with Gasteiger partial charge in [0.05, 0.1) is 6.54 Å². The second-order valence-electron chi connectivity index (χ2n) is 9.00. The second kappa shape index (κ2) is 12.5. The smallest absolute Gasteiger partial charge is 0.227 e. The Kier molecular flexibility index (Phi) is 9.38. The summed E-state index contributed by atoms with van der Waals surface area (Å²) < 4.78 is 0. The molecule has 0 bridgehead atoms. The molecule has 2 aliphatic rings. The zero-order valence-electron chi connectivity index (χ0n) is 19.7. The Morgan fingerprint density at radius 1 is 1.09 bits per heavy atom. The molecule has 1 saturated heterocycles. The van der Waals surface area contributed by atoms with Gasteiger partial charge in [0.1, 0.15) is 0 Å². The lowest BCUT2D eigenvalue weighted by molar-refractivity contribution is -0.122. The molecule has 0 spiro atoms. The normalized spacial score (nSPS) is 18.3. The van der Waals surface area contributed by atoms with E-state index in [2.05, 4.69) is 33.8 Å². The molecule has 2 amide bonds. The topological polar surface area (TPSA) is 85.8 Å². The maximum Gasteiger partial charge on any atom is 0.227 e. The van der Waals surface area contributed by atoms with E-state index in [0.29, 0.717) is 18.9 Å². The number of guanidine groups is 1. The molecule has 0 aromatic heterocycles. The van der Waals surface area contributed by atoms with Gasteiger partial charge in [-0.2, -0.15) is 0 Å². The summed E-state index contributed by atoms with van der Waals surface area (Å²) in [6, 6.07) is 8.03. The van der Waals surface area contributed by atoms with Crippen molar-refractivity contribution >= 4 is 23.5 Å². The molecule has 1 aromatic rings. The summed E-state index contributed by atoms with van der Waals surface area (Å²) in [6.07, 6.45) is 8.17. The quantitative estimate of drug-likeness (QED) is 0.446. The van der Waals surface area contributed by atoms with E-state index in [0.717, 1.165) is 75.4 Å². The maximum absolute atomic E-state index is 12.6. The number of carbonyl (C=O) groups excluding carboxylic acids is 2. The predicted molar refractivity (Wildman–Crippen MR) is 129 cm³/mol. The second-order valence-corrected chi connectivity index (χ2v) is 9.00. The number of carbonyl (C=O) groups is 2. The summed E-state index contributed by atoms with van der Waals surface area (Å²) in [5.74, 6) is 1.79. The van der Waals surface area contributed by atoms with Crippen molar-refractivity contribution in [3.8, 4) is 0 Å².